The van der Waals surface area contributed by atoms with Crippen LogP contribution in [0.2, 0.25) is 0 Å². The number of para-hydroxylation sites is 2. The summed E-state index contributed by atoms with van der Waals surface area (Å²) >= 11 is 0. The fourth-order valence-electron chi connectivity index (χ4n) is 3.25. The number of benzene rings is 2. The van der Waals surface area contributed by atoms with E-state index in [4.69, 9.17) is 10.00 Å². The standard InChI is InChI=1S/C22H24N4O3/c1-2-14-29-17-10-8-16(9-11-17)24-21(27)15-20-22(28)25-18-6-3-4-7-19(18)26(20)13-5-12-23/h3-4,6-11,20H,2,5,13-15H2,1H3,(H,24,27)(H,25,28)/t20-/m0/s1. The number of hydrogen-bond acceptors (Lipinski definition) is 5. The maximum Gasteiger partial charge on any atom is 0.247 e. The van der Waals surface area contributed by atoms with Crippen LogP contribution in [0.4, 0.5) is 17.1 Å². The van der Waals surface area contributed by atoms with Crippen molar-refractivity contribution in [3.05, 3.63) is 48.5 Å². The molecule has 0 aliphatic carbocycles. The Labute approximate surface area is 170 Å². The minimum Gasteiger partial charge on any atom is -0.494 e. The average Bonchev–Trinajstić information content (AvgIpc) is 2.73. The lowest BCUT2D eigenvalue weighted by atomic mass is 10.0. The van der Waals surface area contributed by atoms with Crippen molar-refractivity contribution < 1.29 is 14.3 Å². The van der Waals surface area contributed by atoms with E-state index in [0.717, 1.165) is 17.9 Å². The second-order valence-corrected chi connectivity index (χ2v) is 6.75. The van der Waals surface area contributed by atoms with Gasteiger partial charge in [-0.2, -0.15) is 5.26 Å². The van der Waals surface area contributed by atoms with Crippen LogP contribution in [0.5, 0.6) is 5.75 Å². The zero-order valence-electron chi connectivity index (χ0n) is 16.4. The van der Waals surface area contributed by atoms with E-state index in [-0.39, 0.29) is 24.7 Å². The summed E-state index contributed by atoms with van der Waals surface area (Å²) in [4.78, 5) is 27.1. The average molecular weight is 392 g/mol. The minimum absolute atomic E-state index is 0.0142. The third kappa shape index (κ3) is 5.05. The van der Waals surface area contributed by atoms with Crippen LogP contribution in [-0.2, 0) is 9.59 Å². The van der Waals surface area contributed by atoms with Gasteiger partial charge >= 0.3 is 0 Å². The Hall–Kier alpha value is -3.53. The largest absolute Gasteiger partial charge is 0.494 e. The van der Waals surface area contributed by atoms with E-state index in [1.165, 1.54) is 0 Å². The predicted octanol–water partition coefficient (Wildman–Crippen LogP) is 3.54. The highest BCUT2D eigenvalue weighted by molar-refractivity contribution is 6.06. The first-order valence-electron chi connectivity index (χ1n) is 9.68. The molecule has 0 saturated heterocycles. The molecular formula is C22H24N4O3. The zero-order valence-corrected chi connectivity index (χ0v) is 16.4. The summed E-state index contributed by atoms with van der Waals surface area (Å²) in [7, 11) is 0. The van der Waals surface area contributed by atoms with Gasteiger partial charge in [-0.15, -0.1) is 0 Å². The summed E-state index contributed by atoms with van der Waals surface area (Å²) < 4.78 is 5.54. The van der Waals surface area contributed by atoms with Crippen LogP contribution < -0.4 is 20.3 Å². The third-order valence-corrected chi connectivity index (χ3v) is 4.60. The molecule has 2 N–H and O–H groups in total. The maximum absolute atomic E-state index is 12.6. The number of carbonyl (C=O) groups is 2. The summed E-state index contributed by atoms with van der Waals surface area (Å²) in [5.74, 6) is 0.226. The Morgan fingerprint density at radius 2 is 2.00 bits per heavy atom. The Morgan fingerprint density at radius 3 is 2.72 bits per heavy atom. The molecule has 29 heavy (non-hydrogen) atoms. The van der Waals surface area contributed by atoms with Crippen LogP contribution in [0.1, 0.15) is 26.2 Å². The topological polar surface area (TPSA) is 94.5 Å². The monoisotopic (exact) mass is 392 g/mol. The number of ether oxygens (including phenoxy) is 1. The summed E-state index contributed by atoms with van der Waals surface area (Å²) in [6, 6.07) is 16.0. The van der Waals surface area contributed by atoms with Crippen molar-refractivity contribution in [2.75, 3.05) is 28.7 Å². The molecule has 0 unspecified atom stereocenters. The van der Waals surface area contributed by atoms with Gasteiger partial charge in [0.25, 0.3) is 0 Å². The second-order valence-electron chi connectivity index (χ2n) is 6.75. The molecule has 7 heteroatoms. The molecule has 0 fully saturated rings. The van der Waals surface area contributed by atoms with E-state index in [9.17, 15) is 9.59 Å². The van der Waals surface area contributed by atoms with Crippen molar-refractivity contribution >= 4 is 28.9 Å². The summed E-state index contributed by atoms with van der Waals surface area (Å²) in [6.45, 7) is 3.05. The maximum atomic E-state index is 12.6. The molecule has 0 saturated carbocycles. The molecule has 0 radical (unpaired) electrons. The van der Waals surface area contributed by atoms with Gasteiger partial charge in [0.2, 0.25) is 11.8 Å². The molecule has 0 spiro atoms. The van der Waals surface area contributed by atoms with Gasteiger partial charge in [0.05, 0.1) is 36.9 Å². The van der Waals surface area contributed by atoms with Gasteiger partial charge in [-0.25, -0.2) is 0 Å². The van der Waals surface area contributed by atoms with Crippen LogP contribution >= 0.6 is 0 Å². The predicted molar refractivity (Wildman–Crippen MR) is 112 cm³/mol. The summed E-state index contributed by atoms with van der Waals surface area (Å²) in [5, 5.41) is 14.7. The third-order valence-electron chi connectivity index (χ3n) is 4.60. The second kappa shape index (κ2) is 9.60. The Balaban J connectivity index is 1.69. The number of fused-ring (bicyclic) bond motifs is 1. The van der Waals surface area contributed by atoms with Gasteiger partial charge in [0.15, 0.2) is 0 Å². The molecular weight excluding hydrogens is 368 g/mol. The normalized spacial score (nSPS) is 15.1. The molecule has 3 rings (SSSR count). The van der Waals surface area contributed by atoms with E-state index in [1.807, 2.05) is 36.1 Å². The molecule has 0 aromatic heterocycles. The highest BCUT2D eigenvalue weighted by Crippen LogP contribution is 2.33. The quantitative estimate of drug-likeness (QED) is 0.716. The summed E-state index contributed by atoms with van der Waals surface area (Å²) in [6.07, 6.45) is 1.17. The first kappa shape index (κ1) is 20.2. The highest BCUT2D eigenvalue weighted by Gasteiger charge is 2.34. The van der Waals surface area contributed by atoms with Crippen molar-refractivity contribution in [3.63, 3.8) is 0 Å². The number of amides is 2. The van der Waals surface area contributed by atoms with E-state index in [1.54, 1.807) is 24.3 Å². The van der Waals surface area contributed by atoms with Crippen LogP contribution in [0.15, 0.2) is 48.5 Å². The van der Waals surface area contributed by atoms with Crippen LogP contribution in [0.25, 0.3) is 0 Å². The first-order valence-corrected chi connectivity index (χ1v) is 9.68. The zero-order chi connectivity index (χ0) is 20.6. The smallest absolute Gasteiger partial charge is 0.247 e. The fourth-order valence-corrected chi connectivity index (χ4v) is 3.25. The number of nitrogens with zero attached hydrogens (tertiary/aromatic N) is 2. The minimum atomic E-state index is -0.676. The molecule has 1 aliphatic rings. The number of hydrogen-bond donors (Lipinski definition) is 2. The van der Waals surface area contributed by atoms with E-state index < -0.39 is 6.04 Å². The first-order chi connectivity index (χ1) is 14.1. The van der Waals surface area contributed by atoms with E-state index in [0.29, 0.717) is 24.5 Å². The van der Waals surface area contributed by atoms with E-state index >= 15 is 0 Å². The number of carbonyl (C=O) groups excluding carboxylic acids is 2. The fraction of sp³-hybridized carbons (Fsp3) is 0.318. The van der Waals surface area contributed by atoms with Crippen molar-refractivity contribution in [1.82, 2.24) is 0 Å². The molecule has 150 valence electrons. The molecule has 1 atom stereocenters. The van der Waals surface area contributed by atoms with Crippen LogP contribution in [-0.4, -0.2) is 31.0 Å². The lowest BCUT2D eigenvalue weighted by molar-refractivity contribution is -0.122. The lowest BCUT2D eigenvalue weighted by Crippen LogP contribution is -2.50. The van der Waals surface area contributed by atoms with Crippen molar-refractivity contribution in [1.29, 1.82) is 5.26 Å². The SMILES string of the molecule is CCCOc1ccc(NC(=O)C[C@H]2C(=O)Nc3ccccc3N2CCC#N)cc1. The lowest BCUT2D eigenvalue weighted by Gasteiger charge is -2.37. The van der Waals surface area contributed by atoms with Crippen molar-refractivity contribution in [2.24, 2.45) is 0 Å². The van der Waals surface area contributed by atoms with E-state index in [2.05, 4.69) is 16.7 Å². The molecule has 1 heterocycles. The van der Waals surface area contributed by atoms with Crippen molar-refractivity contribution in [3.8, 4) is 11.8 Å². The van der Waals surface area contributed by atoms with Crippen LogP contribution in [0.3, 0.4) is 0 Å². The number of anilines is 3. The van der Waals surface area contributed by atoms with Gasteiger partial charge in [-0.1, -0.05) is 19.1 Å². The Bertz CT molecular complexity index is 905. The number of nitriles is 1. The highest BCUT2D eigenvalue weighted by atomic mass is 16.5. The van der Waals surface area contributed by atoms with Gasteiger partial charge in [0, 0.05) is 12.2 Å². The Morgan fingerprint density at radius 1 is 1.24 bits per heavy atom. The Kier molecular flexibility index (Phi) is 6.69. The van der Waals surface area contributed by atoms with Gasteiger partial charge < -0.3 is 20.3 Å². The van der Waals surface area contributed by atoms with Crippen molar-refractivity contribution in [2.45, 2.75) is 32.2 Å². The number of rotatable bonds is 8. The summed E-state index contributed by atoms with van der Waals surface area (Å²) in [5.41, 5.74) is 2.14. The molecule has 7 nitrogen and oxygen atoms in total. The number of nitrogens with one attached hydrogen (secondary N) is 2. The molecule has 0 bridgehead atoms. The van der Waals surface area contributed by atoms with Gasteiger partial charge in [0.1, 0.15) is 11.8 Å². The van der Waals surface area contributed by atoms with Gasteiger partial charge in [-0.3, -0.25) is 9.59 Å². The molecule has 2 aromatic carbocycles. The molecule has 2 amide bonds. The molecule has 1 aliphatic heterocycles. The van der Waals surface area contributed by atoms with Crippen LogP contribution in [0, 0.1) is 11.3 Å². The van der Waals surface area contributed by atoms with Gasteiger partial charge in [-0.05, 0) is 42.8 Å². The molecule has 2 aromatic rings.